The Morgan fingerprint density at radius 2 is 1.61 bits per heavy atom. The standard InChI is InChI=1S/C21H26N4O6/c1-6-30-17(26)14-15(18(27)31-7-2)24-19(28)23(13-11-9-8-10-12-13)20(29)25(24)16(14)22-21(3,4)5/h8-12,15,22H,6-7H2,1-5H3. The van der Waals surface area contributed by atoms with Crippen LogP contribution in [0.25, 0.3) is 11.5 Å². The molecule has 1 aromatic carbocycles. The molecule has 0 aliphatic carbocycles. The van der Waals surface area contributed by atoms with E-state index in [-0.39, 0.29) is 24.6 Å². The molecule has 0 saturated carbocycles. The smallest absolute Gasteiger partial charge is 0.358 e. The van der Waals surface area contributed by atoms with Crippen LogP contribution in [0.2, 0.25) is 0 Å². The van der Waals surface area contributed by atoms with Gasteiger partial charge >= 0.3 is 23.3 Å². The zero-order chi connectivity index (χ0) is 22.9. The summed E-state index contributed by atoms with van der Waals surface area (Å²) in [6.45, 7) is 8.79. The number of carbonyl (C=O) groups excluding carboxylic acids is 2. The zero-order valence-electron chi connectivity index (χ0n) is 18.2. The average molecular weight is 430 g/mol. The SMILES string of the molecule is CCOC(=O)C1=C(NC(C)(C)C)n2c(=O)n(-c3ccccc3)c(=O)n2C1C(=O)OCC. The molecule has 1 atom stereocenters. The van der Waals surface area contributed by atoms with Gasteiger partial charge in [0, 0.05) is 5.54 Å². The van der Waals surface area contributed by atoms with E-state index in [2.05, 4.69) is 5.32 Å². The third-order valence-electron chi connectivity index (χ3n) is 4.47. The molecule has 31 heavy (non-hydrogen) atoms. The van der Waals surface area contributed by atoms with E-state index in [9.17, 15) is 19.2 Å². The van der Waals surface area contributed by atoms with E-state index in [1.807, 2.05) is 20.8 Å². The highest BCUT2D eigenvalue weighted by atomic mass is 16.5. The van der Waals surface area contributed by atoms with Gasteiger partial charge in [-0.25, -0.2) is 28.4 Å². The molecule has 1 unspecified atom stereocenters. The lowest BCUT2D eigenvalue weighted by atomic mass is 10.1. The molecular weight excluding hydrogens is 404 g/mol. The Bertz CT molecular complexity index is 1150. The highest BCUT2D eigenvalue weighted by Gasteiger charge is 2.46. The van der Waals surface area contributed by atoms with E-state index in [4.69, 9.17) is 9.47 Å². The molecule has 1 aromatic heterocycles. The van der Waals surface area contributed by atoms with Crippen molar-refractivity contribution in [3.05, 3.63) is 56.9 Å². The molecule has 2 aromatic rings. The predicted molar refractivity (Wildman–Crippen MR) is 113 cm³/mol. The number of nitrogens with zero attached hydrogens (tertiary/aromatic N) is 3. The largest absolute Gasteiger partial charge is 0.464 e. The van der Waals surface area contributed by atoms with Crippen LogP contribution < -0.4 is 16.7 Å². The Labute approximate surface area is 178 Å². The Morgan fingerprint density at radius 3 is 2.16 bits per heavy atom. The number of hydrogen-bond donors (Lipinski definition) is 1. The van der Waals surface area contributed by atoms with Crippen molar-refractivity contribution >= 4 is 17.8 Å². The predicted octanol–water partition coefficient (Wildman–Crippen LogP) is 1.04. The lowest BCUT2D eigenvalue weighted by Gasteiger charge is -2.23. The van der Waals surface area contributed by atoms with Crippen LogP contribution in [-0.4, -0.2) is 44.6 Å². The Balaban J connectivity index is 2.37. The second kappa shape index (κ2) is 8.29. The highest BCUT2D eigenvalue weighted by Crippen LogP contribution is 2.31. The van der Waals surface area contributed by atoms with Crippen molar-refractivity contribution in [2.45, 2.75) is 46.2 Å². The van der Waals surface area contributed by atoms with E-state index in [0.29, 0.717) is 5.69 Å². The normalized spacial score (nSPS) is 15.6. The van der Waals surface area contributed by atoms with Crippen molar-refractivity contribution in [2.75, 3.05) is 13.2 Å². The van der Waals surface area contributed by atoms with Crippen molar-refractivity contribution in [1.29, 1.82) is 0 Å². The van der Waals surface area contributed by atoms with Crippen LogP contribution in [0.3, 0.4) is 0 Å². The van der Waals surface area contributed by atoms with Gasteiger partial charge in [-0.3, -0.25) is 0 Å². The summed E-state index contributed by atoms with van der Waals surface area (Å²) in [5.74, 6) is -1.63. The fourth-order valence-corrected chi connectivity index (χ4v) is 3.38. The monoisotopic (exact) mass is 430 g/mol. The first-order chi connectivity index (χ1) is 14.6. The van der Waals surface area contributed by atoms with Crippen molar-refractivity contribution in [2.24, 2.45) is 0 Å². The molecule has 0 bridgehead atoms. The number of fused-ring (bicyclic) bond motifs is 1. The zero-order valence-corrected chi connectivity index (χ0v) is 18.2. The maximum absolute atomic E-state index is 13.4. The number of aromatic nitrogens is 3. The molecule has 2 heterocycles. The van der Waals surface area contributed by atoms with Crippen LogP contribution in [0, 0.1) is 0 Å². The topological polar surface area (TPSA) is 114 Å². The van der Waals surface area contributed by atoms with E-state index in [1.165, 1.54) is 0 Å². The molecule has 1 aliphatic heterocycles. The van der Waals surface area contributed by atoms with Gasteiger partial charge in [-0.2, -0.15) is 4.68 Å². The first-order valence-corrected chi connectivity index (χ1v) is 10.0. The number of esters is 2. The van der Waals surface area contributed by atoms with Gasteiger partial charge < -0.3 is 14.8 Å². The lowest BCUT2D eigenvalue weighted by Crippen LogP contribution is -2.40. The molecular formula is C21H26N4O6. The summed E-state index contributed by atoms with van der Waals surface area (Å²) in [6, 6.07) is 6.87. The van der Waals surface area contributed by atoms with Crippen molar-refractivity contribution in [3.63, 3.8) is 0 Å². The summed E-state index contributed by atoms with van der Waals surface area (Å²) in [5.41, 5.74) is -1.92. The van der Waals surface area contributed by atoms with Gasteiger partial charge in [-0.15, -0.1) is 0 Å². The van der Waals surface area contributed by atoms with Crippen LogP contribution >= 0.6 is 0 Å². The second-order valence-electron chi connectivity index (χ2n) is 7.90. The van der Waals surface area contributed by atoms with Crippen LogP contribution in [0.1, 0.15) is 40.7 Å². The quantitative estimate of drug-likeness (QED) is 0.681. The third kappa shape index (κ3) is 3.92. The molecule has 0 fully saturated rings. The third-order valence-corrected chi connectivity index (χ3v) is 4.47. The summed E-state index contributed by atoms with van der Waals surface area (Å²) in [4.78, 5) is 52.4. The second-order valence-corrected chi connectivity index (χ2v) is 7.90. The fourth-order valence-electron chi connectivity index (χ4n) is 3.38. The van der Waals surface area contributed by atoms with Crippen LogP contribution in [0.5, 0.6) is 0 Å². The minimum atomic E-state index is -1.46. The number of carbonyl (C=O) groups is 2. The van der Waals surface area contributed by atoms with Crippen molar-refractivity contribution in [1.82, 2.24) is 19.2 Å². The number of ether oxygens (including phenoxy) is 2. The Morgan fingerprint density at radius 1 is 1.00 bits per heavy atom. The molecule has 10 nitrogen and oxygen atoms in total. The molecule has 166 valence electrons. The molecule has 0 spiro atoms. The maximum atomic E-state index is 13.4. The first kappa shape index (κ1) is 22.1. The van der Waals surface area contributed by atoms with E-state index >= 15 is 0 Å². The molecule has 0 saturated heterocycles. The molecule has 1 aliphatic rings. The van der Waals surface area contributed by atoms with Gasteiger partial charge in [-0.1, -0.05) is 18.2 Å². The number of hydrogen-bond acceptors (Lipinski definition) is 7. The van der Waals surface area contributed by atoms with Crippen molar-refractivity contribution in [3.8, 4) is 5.69 Å². The molecule has 10 heteroatoms. The number of benzene rings is 1. The minimum absolute atomic E-state index is 0.0146. The molecule has 0 amide bonds. The van der Waals surface area contributed by atoms with Gasteiger partial charge in [0.25, 0.3) is 0 Å². The summed E-state index contributed by atoms with van der Waals surface area (Å²) in [7, 11) is 0. The minimum Gasteiger partial charge on any atom is -0.464 e. The van der Waals surface area contributed by atoms with E-state index < -0.39 is 34.9 Å². The van der Waals surface area contributed by atoms with Crippen LogP contribution in [-0.2, 0) is 19.1 Å². The summed E-state index contributed by atoms with van der Waals surface area (Å²) >= 11 is 0. The van der Waals surface area contributed by atoms with Gasteiger partial charge in [0.1, 0.15) is 11.4 Å². The summed E-state index contributed by atoms with van der Waals surface area (Å²) in [5, 5.41) is 3.08. The molecule has 0 radical (unpaired) electrons. The molecule has 3 rings (SSSR count). The summed E-state index contributed by atoms with van der Waals surface area (Å²) < 4.78 is 13.2. The van der Waals surface area contributed by atoms with Crippen LogP contribution in [0.15, 0.2) is 45.5 Å². The van der Waals surface area contributed by atoms with Gasteiger partial charge in [0.2, 0.25) is 0 Å². The Kier molecular flexibility index (Phi) is 5.92. The molecule has 1 N–H and O–H groups in total. The summed E-state index contributed by atoms with van der Waals surface area (Å²) in [6.07, 6.45) is 0. The van der Waals surface area contributed by atoms with Crippen molar-refractivity contribution < 1.29 is 19.1 Å². The highest BCUT2D eigenvalue weighted by molar-refractivity contribution is 6.02. The Hall–Kier alpha value is -3.56. The maximum Gasteiger partial charge on any atom is 0.358 e. The van der Waals surface area contributed by atoms with Gasteiger partial charge in [-0.05, 0) is 46.8 Å². The number of para-hydroxylation sites is 1. The van der Waals surface area contributed by atoms with E-state index in [1.54, 1.807) is 44.2 Å². The number of rotatable bonds is 6. The fraction of sp³-hybridized carbons (Fsp3) is 0.429. The van der Waals surface area contributed by atoms with Gasteiger partial charge in [0.15, 0.2) is 6.04 Å². The van der Waals surface area contributed by atoms with Crippen LogP contribution in [0.4, 0.5) is 0 Å². The van der Waals surface area contributed by atoms with E-state index in [0.717, 1.165) is 13.9 Å². The first-order valence-electron chi connectivity index (χ1n) is 10.0. The number of nitrogens with one attached hydrogen (secondary N) is 1. The average Bonchev–Trinajstić information content (AvgIpc) is 3.15. The van der Waals surface area contributed by atoms with Gasteiger partial charge in [0.05, 0.1) is 18.9 Å². The lowest BCUT2D eigenvalue weighted by molar-refractivity contribution is -0.149.